The van der Waals surface area contributed by atoms with E-state index in [0.717, 1.165) is 19.8 Å². The summed E-state index contributed by atoms with van der Waals surface area (Å²) in [6.07, 6.45) is 0. The Labute approximate surface area is 78.6 Å². The van der Waals surface area contributed by atoms with E-state index < -0.39 is 0 Å². The van der Waals surface area contributed by atoms with Crippen molar-refractivity contribution in [2.24, 2.45) is 0 Å². The van der Waals surface area contributed by atoms with Gasteiger partial charge in [0, 0.05) is 13.7 Å². The van der Waals surface area contributed by atoms with Crippen LogP contribution in [0.3, 0.4) is 0 Å². The number of hydrogen-bond donors (Lipinski definition) is 0. The van der Waals surface area contributed by atoms with Crippen molar-refractivity contribution >= 4 is 11.6 Å². The highest BCUT2D eigenvalue weighted by molar-refractivity contribution is 6.20. The molecule has 2 atom stereocenters. The number of nitrogens with zero attached hydrogens (tertiary/aromatic N) is 1. The van der Waals surface area contributed by atoms with Crippen LogP contribution in [0.1, 0.15) is 6.92 Å². The van der Waals surface area contributed by atoms with Crippen molar-refractivity contribution in [1.82, 2.24) is 4.90 Å². The molecule has 0 spiro atoms. The molecule has 0 aromatic heterocycles. The summed E-state index contributed by atoms with van der Waals surface area (Å²) in [5.41, 5.74) is 0.0639. The van der Waals surface area contributed by atoms with Crippen LogP contribution in [-0.4, -0.2) is 49.9 Å². The highest BCUT2D eigenvalue weighted by Gasteiger charge is 2.25. The maximum Gasteiger partial charge on any atom is 0.0826 e. The molecule has 0 radical (unpaired) electrons. The zero-order valence-electron chi connectivity index (χ0n) is 7.62. The smallest absolute Gasteiger partial charge is 0.0826 e. The van der Waals surface area contributed by atoms with Gasteiger partial charge < -0.3 is 9.47 Å². The lowest BCUT2D eigenvalue weighted by molar-refractivity contribution is -0.0387. The summed E-state index contributed by atoms with van der Waals surface area (Å²) in [7, 11) is 1.70. The molecule has 1 unspecified atom stereocenters. The van der Waals surface area contributed by atoms with Crippen molar-refractivity contribution in [1.29, 1.82) is 0 Å². The normalized spacial score (nSPS) is 28.8. The van der Waals surface area contributed by atoms with Crippen LogP contribution < -0.4 is 0 Å². The van der Waals surface area contributed by atoms with E-state index in [2.05, 4.69) is 4.90 Å². The lowest BCUT2D eigenvalue weighted by Crippen LogP contribution is -2.50. The monoisotopic (exact) mass is 193 g/mol. The molecule has 0 N–H and O–H groups in total. The molecular weight excluding hydrogens is 178 g/mol. The second kappa shape index (κ2) is 5.02. The third-order valence-electron chi connectivity index (χ3n) is 2.09. The number of ether oxygens (including phenoxy) is 2. The molecular formula is C8H16ClNO2. The van der Waals surface area contributed by atoms with E-state index in [1.165, 1.54) is 0 Å². The lowest BCUT2D eigenvalue weighted by Gasteiger charge is -2.36. The minimum Gasteiger partial charge on any atom is -0.383 e. The minimum atomic E-state index is 0.0639. The molecule has 12 heavy (non-hydrogen) atoms. The van der Waals surface area contributed by atoms with Crippen LogP contribution in [0, 0.1) is 0 Å². The summed E-state index contributed by atoms with van der Waals surface area (Å²) < 4.78 is 10.4. The van der Waals surface area contributed by atoms with Gasteiger partial charge in [0.05, 0.1) is 31.4 Å². The number of hydrogen-bond acceptors (Lipinski definition) is 3. The Hall–Kier alpha value is 0.170. The van der Waals surface area contributed by atoms with Crippen molar-refractivity contribution in [2.45, 2.75) is 18.5 Å². The van der Waals surface area contributed by atoms with Crippen LogP contribution in [0.2, 0.25) is 0 Å². The summed E-state index contributed by atoms with van der Waals surface area (Å²) in [4.78, 5) is 2.20. The lowest BCUT2D eigenvalue weighted by atomic mass is 10.2. The fourth-order valence-corrected chi connectivity index (χ4v) is 1.73. The first-order valence-corrected chi connectivity index (χ1v) is 4.66. The van der Waals surface area contributed by atoms with Gasteiger partial charge in [-0.3, -0.25) is 4.90 Å². The second-order valence-corrected chi connectivity index (χ2v) is 3.63. The third kappa shape index (κ3) is 2.59. The van der Waals surface area contributed by atoms with Crippen LogP contribution in [0.15, 0.2) is 0 Å². The maximum atomic E-state index is 6.00. The average Bonchev–Trinajstić information content (AvgIpc) is 2.05. The highest BCUT2D eigenvalue weighted by Crippen LogP contribution is 2.13. The first-order valence-electron chi connectivity index (χ1n) is 4.22. The van der Waals surface area contributed by atoms with Crippen molar-refractivity contribution in [3.8, 4) is 0 Å². The van der Waals surface area contributed by atoms with Gasteiger partial charge >= 0.3 is 0 Å². The Morgan fingerprint density at radius 2 is 2.50 bits per heavy atom. The second-order valence-electron chi connectivity index (χ2n) is 3.00. The van der Waals surface area contributed by atoms with Gasteiger partial charge in [-0.2, -0.15) is 0 Å². The molecule has 1 aliphatic rings. The SMILES string of the molecule is COC[C@H]1COCCN1C(C)Cl. The van der Waals surface area contributed by atoms with E-state index in [4.69, 9.17) is 21.1 Å². The Morgan fingerprint density at radius 3 is 3.08 bits per heavy atom. The van der Waals surface area contributed by atoms with Gasteiger partial charge in [-0.25, -0.2) is 0 Å². The number of halogens is 1. The van der Waals surface area contributed by atoms with Crippen molar-refractivity contribution in [3.05, 3.63) is 0 Å². The summed E-state index contributed by atoms with van der Waals surface area (Å²) in [5.74, 6) is 0. The van der Waals surface area contributed by atoms with E-state index in [1.54, 1.807) is 7.11 Å². The Balaban J connectivity index is 2.42. The summed E-state index contributed by atoms with van der Waals surface area (Å²) in [6.45, 7) is 5.08. The van der Waals surface area contributed by atoms with Crippen molar-refractivity contribution in [3.63, 3.8) is 0 Å². The molecule has 1 aliphatic heterocycles. The van der Waals surface area contributed by atoms with E-state index in [-0.39, 0.29) is 5.50 Å². The van der Waals surface area contributed by atoms with Crippen molar-refractivity contribution < 1.29 is 9.47 Å². The van der Waals surface area contributed by atoms with Crippen LogP contribution >= 0.6 is 11.6 Å². The molecule has 1 heterocycles. The summed E-state index contributed by atoms with van der Waals surface area (Å²) in [6, 6.07) is 0.316. The highest BCUT2D eigenvalue weighted by atomic mass is 35.5. The molecule has 1 rings (SSSR count). The summed E-state index contributed by atoms with van der Waals surface area (Å²) in [5, 5.41) is 0. The first kappa shape index (κ1) is 10.3. The average molecular weight is 194 g/mol. The topological polar surface area (TPSA) is 21.7 Å². The quantitative estimate of drug-likeness (QED) is 0.492. The van der Waals surface area contributed by atoms with E-state index >= 15 is 0 Å². The van der Waals surface area contributed by atoms with Crippen LogP contribution in [-0.2, 0) is 9.47 Å². The minimum absolute atomic E-state index is 0.0639. The van der Waals surface area contributed by atoms with Gasteiger partial charge in [0.2, 0.25) is 0 Å². The van der Waals surface area contributed by atoms with Crippen LogP contribution in [0.5, 0.6) is 0 Å². The Kier molecular flexibility index (Phi) is 4.29. The zero-order chi connectivity index (χ0) is 8.97. The standard InChI is InChI=1S/C8H16ClNO2/c1-7(9)10-3-4-12-6-8(10)5-11-2/h7-8H,3-6H2,1-2H3/t7?,8-/m0/s1. The molecule has 0 saturated carbocycles. The Morgan fingerprint density at radius 1 is 1.75 bits per heavy atom. The number of methoxy groups -OCH3 is 1. The molecule has 0 aromatic carbocycles. The summed E-state index contributed by atoms with van der Waals surface area (Å²) >= 11 is 6.00. The van der Waals surface area contributed by atoms with E-state index in [1.807, 2.05) is 6.92 Å². The van der Waals surface area contributed by atoms with Crippen LogP contribution in [0.25, 0.3) is 0 Å². The number of alkyl halides is 1. The molecule has 1 fully saturated rings. The molecule has 1 saturated heterocycles. The molecule has 0 aromatic rings. The van der Waals surface area contributed by atoms with Gasteiger partial charge in [0.25, 0.3) is 0 Å². The van der Waals surface area contributed by atoms with Gasteiger partial charge in [-0.1, -0.05) is 0 Å². The van der Waals surface area contributed by atoms with Gasteiger partial charge in [0.1, 0.15) is 0 Å². The van der Waals surface area contributed by atoms with Gasteiger partial charge in [0.15, 0.2) is 0 Å². The molecule has 0 bridgehead atoms. The molecule has 3 nitrogen and oxygen atoms in total. The Bertz CT molecular complexity index is 130. The largest absolute Gasteiger partial charge is 0.383 e. The first-order chi connectivity index (χ1) is 5.75. The van der Waals surface area contributed by atoms with Gasteiger partial charge in [-0.05, 0) is 6.92 Å². The van der Waals surface area contributed by atoms with E-state index in [0.29, 0.717) is 12.6 Å². The molecule has 0 amide bonds. The maximum absolute atomic E-state index is 6.00. The number of morpholine rings is 1. The fraction of sp³-hybridized carbons (Fsp3) is 1.00. The molecule has 4 heteroatoms. The third-order valence-corrected chi connectivity index (χ3v) is 2.34. The van der Waals surface area contributed by atoms with Crippen molar-refractivity contribution in [2.75, 3.05) is 33.5 Å². The zero-order valence-corrected chi connectivity index (χ0v) is 8.38. The fourth-order valence-electron chi connectivity index (χ4n) is 1.47. The number of rotatable bonds is 3. The van der Waals surface area contributed by atoms with E-state index in [9.17, 15) is 0 Å². The molecule has 0 aliphatic carbocycles. The predicted molar refractivity (Wildman–Crippen MR) is 48.5 cm³/mol. The van der Waals surface area contributed by atoms with Crippen LogP contribution in [0.4, 0.5) is 0 Å². The molecule has 72 valence electrons. The predicted octanol–water partition coefficient (Wildman–Crippen LogP) is 0.918. The van der Waals surface area contributed by atoms with Gasteiger partial charge in [-0.15, -0.1) is 11.6 Å².